The molecule has 1 aliphatic rings. The van der Waals surface area contributed by atoms with Gasteiger partial charge in [-0.05, 0) is 44.2 Å². The Bertz CT molecular complexity index is 347. The Morgan fingerprint density at radius 1 is 1.44 bits per heavy atom. The molecule has 0 aromatic carbocycles. The first-order valence-corrected chi connectivity index (χ1v) is 7.97. The second kappa shape index (κ2) is 6.18. The maximum absolute atomic E-state index is 3.43. The van der Waals surface area contributed by atoms with Crippen LogP contribution in [-0.2, 0) is 0 Å². The highest BCUT2D eigenvalue weighted by Gasteiger charge is 2.32. The molecule has 1 N–H and O–H groups in total. The third-order valence-corrected chi connectivity index (χ3v) is 5.10. The Kier molecular flexibility index (Phi) is 4.82. The molecule has 0 spiro atoms. The third-order valence-electron chi connectivity index (χ3n) is 4.16. The topological polar surface area (TPSA) is 15.3 Å². The summed E-state index contributed by atoms with van der Waals surface area (Å²) < 4.78 is 0. The molecular weight excluding hydrogens is 240 g/mol. The zero-order chi connectivity index (χ0) is 13.1. The monoisotopic (exact) mass is 266 g/mol. The normalized spacial score (nSPS) is 27.6. The van der Waals surface area contributed by atoms with Gasteiger partial charge < -0.3 is 5.32 Å². The SMILES string of the molecule is CNC1CCN(C(c2cccs2)C(C)C)C(C)C1. The fraction of sp³-hybridized carbons (Fsp3) is 0.733. The molecule has 1 aromatic rings. The second-order valence-electron chi connectivity index (χ2n) is 5.80. The summed E-state index contributed by atoms with van der Waals surface area (Å²) in [5, 5.41) is 5.64. The van der Waals surface area contributed by atoms with Gasteiger partial charge in [-0.1, -0.05) is 19.9 Å². The fourth-order valence-corrected chi connectivity index (χ4v) is 4.22. The lowest BCUT2D eigenvalue weighted by molar-refractivity contribution is 0.0670. The molecule has 0 amide bonds. The van der Waals surface area contributed by atoms with Gasteiger partial charge in [-0.15, -0.1) is 11.3 Å². The van der Waals surface area contributed by atoms with Gasteiger partial charge in [0.1, 0.15) is 0 Å². The van der Waals surface area contributed by atoms with Crippen molar-refractivity contribution in [2.45, 2.75) is 51.7 Å². The van der Waals surface area contributed by atoms with Crippen molar-refractivity contribution in [3.63, 3.8) is 0 Å². The van der Waals surface area contributed by atoms with Gasteiger partial charge in [-0.25, -0.2) is 0 Å². The predicted octanol–water partition coefficient (Wildman–Crippen LogP) is 3.52. The first-order valence-electron chi connectivity index (χ1n) is 7.10. The first-order chi connectivity index (χ1) is 8.63. The molecule has 102 valence electrons. The maximum atomic E-state index is 3.43. The van der Waals surface area contributed by atoms with E-state index in [9.17, 15) is 0 Å². The van der Waals surface area contributed by atoms with Crippen molar-refractivity contribution in [3.8, 4) is 0 Å². The summed E-state index contributed by atoms with van der Waals surface area (Å²) in [6.07, 6.45) is 2.54. The van der Waals surface area contributed by atoms with Gasteiger partial charge in [-0.3, -0.25) is 4.90 Å². The lowest BCUT2D eigenvalue weighted by atomic mass is 9.92. The van der Waals surface area contributed by atoms with Gasteiger partial charge in [0, 0.05) is 29.5 Å². The number of hydrogen-bond acceptors (Lipinski definition) is 3. The number of piperidine rings is 1. The van der Waals surface area contributed by atoms with Crippen LogP contribution in [0.15, 0.2) is 17.5 Å². The quantitative estimate of drug-likeness (QED) is 0.897. The van der Waals surface area contributed by atoms with Crippen LogP contribution in [-0.4, -0.2) is 30.6 Å². The van der Waals surface area contributed by atoms with Gasteiger partial charge in [-0.2, -0.15) is 0 Å². The molecule has 0 bridgehead atoms. The van der Waals surface area contributed by atoms with E-state index in [4.69, 9.17) is 0 Å². The zero-order valence-corrected chi connectivity index (χ0v) is 12.8. The van der Waals surface area contributed by atoms with Crippen LogP contribution in [0.1, 0.15) is 44.5 Å². The maximum Gasteiger partial charge on any atom is 0.0467 e. The van der Waals surface area contributed by atoms with Gasteiger partial charge in [0.2, 0.25) is 0 Å². The number of rotatable bonds is 4. The number of nitrogens with zero attached hydrogens (tertiary/aromatic N) is 1. The molecule has 3 heteroatoms. The van der Waals surface area contributed by atoms with Crippen LogP contribution in [0.4, 0.5) is 0 Å². The summed E-state index contributed by atoms with van der Waals surface area (Å²) in [4.78, 5) is 4.24. The van der Waals surface area contributed by atoms with Crippen molar-refractivity contribution in [2.75, 3.05) is 13.6 Å². The highest BCUT2D eigenvalue weighted by atomic mass is 32.1. The minimum absolute atomic E-state index is 0.595. The van der Waals surface area contributed by atoms with Gasteiger partial charge >= 0.3 is 0 Å². The van der Waals surface area contributed by atoms with Gasteiger partial charge in [0.15, 0.2) is 0 Å². The minimum atomic E-state index is 0.595. The van der Waals surface area contributed by atoms with Gasteiger partial charge in [0.05, 0.1) is 0 Å². The van der Waals surface area contributed by atoms with Crippen LogP contribution in [0.5, 0.6) is 0 Å². The van der Waals surface area contributed by atoms with Crippen LogP contribution >= 0.6 is 11.3 Å². The van der Waals surface area contributed by atoms with E-state index < -0.39 is 0 Å². The van der Waals surface area contributed by atoms with Crippen molar-refractivity contribution in [2.24, 2.45) is 5.92 Å². The Labute approximate surface area is 115 Å². The second-order valence-corrected chi connectivity index (χ2v) is 6.78. The molecule has 1 fully saturated rings. The first kappa shape index (κ1) is 14.0. The molecule has 1 aromatic heterocycles. The molecule has 2 heterocycles. The van der Waals surface area contributed by atoms with Crippen molar-refractivity contribution >= 4 is 11.3 Å². The minimum Gasteiger partial charge on any atom is -0.317 e. The molecule has 0 aliphatic carbocycles. The molecule has 0 radical (unpaired) electrons. The number of likely N-dealkylation sites (tertiary alicyclic amines) is 1. The van der Waals surface area contributed by atoms with E-state index in [2.05, 4.69) is 55.5 Å². The van der Waals surface area contributed by atoms with Crippen molar-refractivity contribution in [3.05, 3.63) is 22.4 Å². The van der Waals surface area contributed by atoms with E-state index in [1.165, 1.54) is 24.3 Å². The van der Waals surface area contributed by atoms with Crippen LogP contribution < -0.4 is 5.32 Å². The Hall–Kier alpha value is -0.380. The molecule has 0 saturated carbocycles. The molecule has 2 nitrogen and oxygen atoms in total. The van der Waals surface area contributed by atoms with Crippen LogP contribution in [0.3, 0.4) is 0 Å². The van der Waals surface area contributed by atoms with Crippen LogP contribution in [0, 0.1) is 5.92 Å². The molecule has 1 saturated heterocycles. The smallest absolute Gasteiger partial charge is 0.0467 e. The lowest BCUT2D eigenvalue weighted by Crippen LogP contribution is -2.48. The van der Waals surface area contributed by atoms with E-state index in [0.717, 1.165) is 0 Å². The van der Waals surface area contributed by atoms with E-state index in [0.29, 0.717) is 24.0 Å². The highest BCUT2D eigenvalue weighted by molar-refractivity contribution is 7.10. The number of nitrogens with one attached hydrogen (secondary N) is 1. The average molecular weight is 266 g/mol. The summed E-state index contributed by atoms with van der Waals surface area (Å²) in [6, 6.07) is 6.45. The van der Waals surface area contributed by atoms with Crippen LogP contribution in [0.25, 0.3) is 0 Å². The van der Waals surface area contributed by atoms with Crippen molar-refractivity contribution in [1.82, 2.24) is 10.2 Å². The van der Waals surface area contributed by atoms with Gasteiger partial charge in [0.25, 0.3) is 0 Å². The fourth-order valence-electron chi connectivity index (χ4n) is 3.20. The molecule has 2 rings (SSSR count). The molecule has 1 aliphatic heterocycles. The molecule has 18 heavy (non-hydrogen) atoms. The van der Waals surface area contributed by atoms with E-state index >= 15 is 0 Å². The number of hydrogen-bond donors (Lipinski definition) is 1. The molecular formula is C15H26N2S. The van der Waals surface area contributed by atoms with E-state index in [1.54, 1.807) is 0 Å². The summed E-state index contributed by atoms with van der Waals surface area (Å²) in [5.74, 6) is 0.678. The summed E-state index contributed by atoms with van der Waals surface area (Å²) in [7, 11) is 2.09. The Balaban J connectivity index is 2.12. The lowest BCUT2D eigenvalue weighted by Gasteiger charge is -2.43. The number of thiophene rings is 1. The van der Waals surface area contributed by atoms with E-state index in [-0.39, 0.29) is 0 Å². The third kappa shape index (κ3) is 2.95. The molecule has 3 unspecified atom stereocenters. The average Bonchev–Trinajstić information content (AvgIpc) is 2.84. The summed E-state index contributed by atoms with van der Waals surface area (Å²) in [6.45, 7) is 8.29. The largest absolute Gasteiger partial charge is 0.317 e. The summed E-state index contributed by atoms with van der Waals surface area (Å²) in [5.41, 5.74) is 0. The van der Waals surface area contributed by atoms with E-state index in [1.807, 2.05) is 11.3 Å². The highest BCUT2D eigenvalue weighted by Crippen LogP contribution is 2.35. The standard InChI is InChI=1S/C15H26N2S/c1-11(2)15(14-6-5-9-18-14)17-8-7-13(16-4)10-12(17)3/h5-6,9,11-13,15-16H,7-8,10H2,1-4H3. The van der Waals surface area contributed by atoms with Crippen LogP contribution in [0.2, 0.25) is 0 Å². The summed E-state index contributed by atoms with van der Waals surface area (Å²) >= 11 is 1.90. The van der Waals surface area contributed by atoms with Crippen molar-refractivity contribution < 1.29 is 0 Å². The van der Waals surface area contributed by atoms with Crippen molar-refractivity contribution in [1.29, 1.82) is 0 Å². The Morgan fingerprint density at radius 2 is 2.22 bits per heavy atom. The zero-order valence-electron chi connectivity index (χ0n) is 12.0. The predicted molar refractivity (Wildman–Crippen MR) is 80.1 cm³/mol. The Morgan fingerprint density at radius 3 is 2.72 bits per heavy atom. The molecule has 3 atom stereocenters.